The fraction of sp³-hybridized carbons (Fsp3) is 0.545. The minimum Gasteiger partial charge on any atom is -0.478 e. The number of urea groups is 1. The first kappa shape index (κ1) is 14.2. The lowest BCUT2D eigenvalue weighted by Gasteiger charge is -2.34. The van der Waals surface area contributed by atoms with Crippen molar-refractivity contribution in [3.05, 3.63) is 12.2 Å². The monoisotopic (exact) mass is 256 g/mol. The van der Waals surface area contributed by atoms with Gasteiger partial charge in [0.2, 0.25) is 0 Å². The Morgan fingerprint density at radius 2 is 1.83 bits per heavy atom. The number of hydrogen-bond donors (Lipinski definition) is 3. The molecule has 0 aromatic rings. The van der Waals surface area contributed by atoms with Crippen LogP contribution in [-0.2, 0) is 14.3 Å². The van der Waals surface area contributed by atoms with E-state index in [4.69, 9.17) is 9.84 Å². The third-order valence-corrected chi connectivity index (χ3v) is 2.63. The van der Waals surface area contributed by atoms with E-state index in [0.717, 1.165) is 6.08 Å². The fourth-order valence-electron chi connectivity index (χ4n) is 1.55. The summed E-state index contributed by atoms with van der Waals surface area (Å²) >= 11 is 0. The molecule has 1 aliphatic rings. The molecule has 0 bridgehead atoms. The van der Waals surface area contributed by atoms with Crippen molar-refractivity contribution in [1.82, 2.24) is 10.6 Å². The fourth-order valence-corrected chi connectivity index (χ4v) is 1.55. The second-order valence-electron chi connectivity index (χ2n) is 4.29. The molecule has 18 heavy (non-hydrogen) atoms. The van der Waals surface area contributed by atoms with E-state index in [1.807, 2.05) is 12.2 Å². The summed E-state index contributed by atoms with van der Waals surface area (Å²) in [4.78, 5) is 32.8. The molecule has 0 radical (unpaired) electrons. The maximum absolute atomic E-state index is 11.5. The zero-order valence-corrected chi connectivity index (χ0v) is 10.1. The Labute approximate surface area is 104 Å². The largest absolute Gasteiger partial charge is 0.478 e. The van der Waals surface area contributed by atoms with Crippen molar-refractivity contribution in [2.45, 2.75) is 25.3 Å². The molecule has 100 valence electrons. The Hall–Kier alpha value is -1.89. The standard InChI is InChI=1S/C11H16N2O5/c1-11(4-6-18-7-5-11)13-10(17)12-8(14)2-3-9(15)16/h2-3H,4-7H2,1H3,(H,15,16)(H2,12,13,14,17)/b3-2+. The molecule has 1 aliphatic heterocycles. The van der Waals surface area contributed by atoms with E-state index >= 15 is 0 Å². The number of ether oxygens (including phenoxy) is 1. The molecular formula is C11H16N2O5. The molecule has 1 heterocycles. The van der Waals surface area contributed by atoms with E-state index in [-0.39, 0.29) is 0 Å². The summed E-state index contributed by atoms with van der Waals surface area (Å²) in [5.74, 6) is -2.02. The lowest BCUT2D eigenvalue weighted by molar-refractivity contribution is -0.131. The molecule has 0 aliphatic carbocycles. The van der Waals surface area contributed by atoms with Crippen LogP contribution >= 0.6 is 0 Å². The smallest absolute Gasteiger partial charge is 0.328 e. The molecule has 0 aromatic heterocycles. The van der Waals surface area contributed by atoms with Gasteiger partial charge in [-0.2, -0.15) is 0 Å². The van der Waals surface area contributed by atoms with Gasteiger partial charge >= 0.3 is 12.0 Å². The highest BCUT2D eigenvalue weighted by Crippen LogP contribution is 2.19. The second kappa shape index (κ2) is 6.15. The van der Waals surface area contributed by atoms with Crippen LogP contribution in [0.1, 0.15) is 19.8 Å². The van der Waals surface area contributed by atoms with Crippen molar-refractivity contribution in [2.75, 3.05) is 13.2 Å². The Morgan fingerprint density at radius 3 is 2.39 bits per heavy atom. The molecule has 0 spiro atoms. The SMILES string of the molecule is CC1(NC(=O)NC(=O)/C=C/C(=O)O)CCOCC1. The van der Waals surface area contributed by atoms with Crippen LogP contribution in [0.2, 0.25) is 0 Å². The summed E-state index contributed by atoms with van der Waals surface area (Å²) in [6.07, 6.45) is 2.78. The average molecular weight is 256 g/mol. The zero-order chi connectivity index (χ0) is 13.6. The maximum Gasteiger partial charge on any atom is 0.328 e. The van der Waals surface area contributed by atoms with Crippen LogP contribution in [0.15, 0.2) is 12.2 Å². The van der Waals surface area contributed by atoms with E-state index in [2.05, 4.69) is 5.32 Å². The first-order chi connectivity index (χ1) is 8.41. The van der Waals surface area contributed by atoms with Gasteiger partial charge in [0.25, 0.3) is 5.91 Å². The third kappa shape index (κ3) is 4.96. The van der Waals surface area contributed by atoms with E-state index in [1.165, 1.54) is 0 Å². The summed E-state index contributed by atoms with van der Waals surface area (Å²) in [5, 5.41) is 13.0. The minimum absolute atomic E-state index is 0.404. The molecule has 3 N–H and O–H groups in total. The molecule has 1 rings (SSSR count). The van der Waals surface area contributed by atoms with Crippen molar-refractivity contribution in [3.63, 3.8) is 0 Å². The van der Waals surface area contributed by atoms with Crippen molar-refractivity contribution < 1.29 is 24.2 Å². The first-order valence-corrected chi connectivity index (χ1v) is 5.53. The zero-order valence-electron chi connectivity index (χ0n) is 10.1. The number of aliphatic carboxylic acids is 1. The van der Waals surface area contributed by atoms with Gasteiger partial charge in [0, 0.05) is 30.9 Å². The molecule has 7 nitrogen and oxygen atoms in total. The number of carbonyl (C=O) groups excluding carboxylic acids is 2. The van der Waals surface area contributed by atoms with E-state index in [9.17, 15) is 14.4 Å². The third-order valence-electron chi connectivity index (χ3n) is 2.63. The molecule has 0 aromatic carbocycles. The van der Waals surface area contributed by atoms with Gasteiger partial charge in [0.15, 0.2) is 0 Å². The Kier molecular flexibility index (Phi) is 4.85. The second-order valence-corrected chi connectivity index (χ2v) is 4.29. The van der Waals surface area contributed by atoms with Crippen LogP contribution in [0.3, 0.4) is 0 Å². The van der Waals surface area contributed by atoms with Crippen LogP contribution < -0.4 is 10.6 Å². The van der Waals surface area contributed by atoms with Crippen molar-refractivity contribution >= 4 is 17.9 Å². The van der Waals surface area contributed by atoms with Gasteiger partial charge in [0.05, 0.1) is 0 Å². The predicted molar refractivity (Wildman–Crippen MR) is 61.9 cm³/mol. The Balaban J connectivity index is 2.41. The first-order valence-electron chi connectivity index (χ1n) is 5.53. The van der Waals surface area contributed by atoms with Crippen LogP contribution in [0.4, 0.5) is 4.79 Å². The minimum atomic E-state index is -1.25. The molecule has 0 saturated carbocycles. The maximum atomic E-state index is 11.5. The van der Waals surface area contributed by atoms with Gasteiger partial charge in [-0.3, -0.25) is 10.1 Å². The van der Waals surface area contributed by atoms with Gasteiger partial charge in [-0.1, -0.05) is 0 Å². The number of carboxylic acid groups (broad SMARTS) is 1. The number of nitrogens with one attached hydrogen (secondary N) is 2. The lowest BCUT2D eigenvalue weighted by atomic mass is 9.93. The molecular weight excluding hydrogens is 240 g/mol. The molecule has 0 atom stereocenters. The highest BCUT2D eigenvalue weighted by atomic mass is 16.5. The van der Waals surface area contributed by atoms with Gasteiger partial charge in [-0.25, -0.2) is 9.59 Å². The Bertz CT molecular complexity index is 372. The predicted octanol–water partition coefficient (Wildman–Crippen LogP) is 0.0221. The lowest BCUT2D eigenvalue weighted by Crippen LogP contribution is -2.53. The number of imide groups is 1. The van der Waals surface area contributed by atoms with Crippen molar-refractivity contribution in [1.29, 1.82) is 0 Å². The molecule has 0 unspecified atom stereocenters. The van der Waals surface area contributed by atoms with Crippen molar-refractivity contribution in [3.8, 4) is 0 Å². The van der Waals surface area contributed by atoms with Crippen LogP contribution in [0.25, 0.3) is 0 Å². The summed E-state index contributed by atoms with van der Waals surface area (Å²) in [6.45, 7) is 2.99. The van der Waals surface area contributed by atoms with Gasteiger partial charge in [-0.05, 0) is 19.8 Å². The summed E-state index contributed by atoms with van der Waals surface area (Å²) in [6, 6.07) is -0.639. The van der Waals surface area contributed by atoms with E-state index in [0.29, 0.717) is 32.1 Å². The topological polar surface area (TPSA) is 105 Å². The number of carboxylic acids is 1. The highest BCUT2D eigenvalue weighted by Gasteiger charge is 2.29. The van der Waals surface area contributed by atoms with E-state index < -0.39 is 23.4 Å². The molecule has 3 amide bonds. The summed E-state index contributed by atoms with van der Waals surface area (Å²) in [7, 11) is 0. The van der Waals surface area contributed by atoms with Crippen LogP contribution in [0.5, 0.6) is 0 Å². The summed E-state index contributed by atoms with van der Waals surface area (Å²) in [5.41, 5.74) is -0.404. The number of rotatable bonds is 3. The molecule has 7 heteroatoms. The van der Waals surface area contributed by atoms with Gasteiger partial charge < -0.3 is 15.2 Å². The van der Waals surface area contributed by atoms with Gasteiger partial charge in [0.1, 0.15) is 0 Å². The average Bonchev–Trinajstić information content (AvgIpc) is 2.26. The van der Waals surface area contributed by atoms with Crippen LogP contribution in [-0.4, -0.2) is 41.8 Å². The molecule has 1 fully saturated rings. The normalized spacial score (nSPS) is 18.3. The van der Waals surface area contributed by atoms with Crippen LogP contribution in [0, 0.1) is 0 Å². The van der Waals surface area contributed by atoms with E-state index in [1.54, 1.807) is 0 Å². The molecule has 1 saturated heterocycles. The number of carbonyl (C=O) groups is 3. The summed E-state index contributed by atoms with van der Waals surface area (Å²) < 4.78 is 5.18. The quantitative estimate of drug-likeness (QED) is 0.617. The highest BCUT2D eigenvalue weighted by molar-refractivity contribution is 6.02. The van der Waals surface area contributed by atoms with Crippen molar-refractivity contribution in [2.24, 2.45) is 0 Å². The van der Waals surface area contributed by atoms with Gasteiger partial charge in [-0.15, -0.1) is 0 Å². The number of amides is 3. The number of hydrogen-bond acceptors (Lipinski definition) is 4. The Morgan fingerprint density at radius 1 is 1.22 bits per heavy atom.